The Morgan fingerprint density at radius 3 is 2.23 bits per heavy atom. The van der Waals surface area contributed by atoms with Gasteiger partial charge in [0.25, 0.3) is 0 Å². The fraction of sp³-hybridized carbons (Fsp3) is 0.133. The normalized spacial score (nSPS) is 16.1. The summed E-state index contributed by atoms with van der Waals surface area (Å²) in [5.41, 5.74) is -1.78. The summed E-state index contributed by atoms with van der Waals surface area (Å²) in [6, 6.07) is 17.6. The van der Waals surface area contributed by atoms with Gasteiger partial charge in [0.15, 0.2) is 5.60 Å². The molecule has 4 aromatic rings. The molecule has 1 saturated heterocycles. The summed E-state index contributed by atoms with van der Waals surface area (Å²) in [4.78, 5) is 3.83. The Morgan fingerprint density at radius 2 is 1.62 bits per heavy atom. The van der Waals surface area contributed by atoms with Crippen LogP contribution in [0.1, 0.15) is 33.5 Å². The zero-order valence-electron chi connectivity index (χ0n) is 20.0. The van der Waals surface area contributed by atoms with Crippen molar-refractivity contribution in [2.24, 2.45) is 0 Å². The molecular formula is C30H17F5N2O2. The minimum absolute atomic E-state index is 0.0403. The van der Waals surface area contributed by atoms with Gasteiger partial charge in [0.2, 0.25) is 0 Å². The number of hydrogen-bond donors (Lipinski definition) is 0. The molecule has 5 rings (SSSR count). The topological polar surface area (TPSA) is 58.4 Å². The molecule has 0 aliphatic carbocycles. The summed E-state index contributed by atoms with van der Waals surface area (Å²) >= 11 is 0. The Bertz CT molecular complexity index is 1630. The molecule has 3 aromatic carbocycles. The molecule has 194 valence electrons. The van der Waals surface area contributed by atoms with Crippen LogP contribution in [0.2, 0.25) is 0 Å². The molecule has 0 saturated carbocycles. The maximum Gasteiger partial charge on any atom is 0.324 e. The fourth-order valence-corrected chi connectivity index (χ4v) is 3.94. The SMILES string of the molecule is N#Cc1ccc(COc2ccc(C#Cc3ccc(C(F)(F)C4(c5ccc(F)cc5F)CO4)nc3)cc2)cc1F. The van der Waals surface area contributed by atoms with E-state index >= 15 is 8.78 Å². The molecule has 2 heterocycles. The number of benzene rings is 3. The van der Waals surface area contributed by atoms with Crippen molar-refractivity contribution >= 4 is 0 Å². The van der Waals surface area contributed by atoms with Gasteiger partial charge in [-0.05, 0) is 66.2 Å². The Morgan fingerprint density at radius 1 is 0.897 bits per heavy atom. The van der Waals surface area contributed by atoms with Crippen molar-refractivity contribution in [3.05, 3.63) is 130 Å². The second kappa shape index (κ2) is 10.2. The van der Waals surface area contributed by atoms with Crippen LogP contribution < -0.4 is 4.74 Å². The van der Waals surface area contributed by atoms with Gasteiger partial charge in [0.1, 0.15) is 41.6 Å². The van der Waals surface area contributed by atoms with Crippen LogP contribution in [0.3, 0.4) is 0 Å². The lowest BCUT2D eigenvalue weighted by molar-refractivity contribution is -0.0901. The first-order valence-corrected chi connectivity index (χ1v) is 11.6. The van der Waals surface area contributed by atoms with Crippen LogP contribution in [0.25, 0.3) is 0 Å². The average molecular weight is 532 g/mol. The highest BCUT2D eigenvalue weighted by molar-refractivity contribution is 5.44. The van der Waals surface area contributed by atoms with Gasteiger partial charge in [-0.25, -0.2) is 13.2 Å². The molecule has 1 atom stereocenters. The van der Waals surface area contributed by atoms with Crippen molar-refractivity contribution in [3.8, 4) is 23.7 Å². The van der Waals surface area contributed by atoms with Crippen LogP contribution in [0.5, 0.6) is 5.75 Å². The highest BCUT2D eigenvalue weighted by Crippen LogP contribution is 2.56. The third-order valence-electron chi connectivity index (χ3n) is 6.16. The number of rotatable bonds is 6. The Kier molecular flexibility index (Phi) is 6.78. The molecule has 0 bridgehead atoms. The zero-order chi connectivity index (χ0) is 27.6. The van der Waals surface area contributed by atoms with E-state index in [1.165, 1.54) is 24.4 Å². The molecule has 0 radical (unpaired) electrons. The van der Waals surface area contributed by atoms with Crippen molar-refractivity contribution in [1.82, 2.24) is 4.98 Å². The summed E-state index contributed by atoms with van der Waals surface area (Å²) in [7, 11) is 0. The highest BCUT2D eigenvalue weighted by atomic mass is 19.3. The van der Waals surface area contributed by atoms with Gasteiger partial charge in [-0.2, -0.15) is 14.0 Å². The predicted octanol–water partition coefficient (Wildman–Crippen LogP) is 6.37. The summed E-state index contributed by atoms with van der Waals surface area (Å²) in [6.45, 7) is -0.327. The number of nitriles is 1. The van der Waals surface area contributed by atoms with E-state index in [2.05, 4.69) is 16.8 Å². The first-order chi connectivity index (χ1) is 18.7. The summed E-state index contributed by atoms with van der Waals surface area (Å²) in [5, 5.41) is 8.80. The lowest BCUT2D eigenvalue weighted by atomic mass is 9.90. The van der Waals surface area contributed by atoms with Crippen LogP contribution in [0.15, 0.2) is 79.0 Å². The minimum atomic E-state index is -3.67. The van der Waals surface area contributed by atoms with Gasteiger partial charge in [-0.1, -0.05) is 17.9 Å². The molecule has 9 heteroatoms. The number of pyridine rings is 1. The van der Waals surface area contributed by atoms with E-state index < -0.39 is 46.8 Å². The van der Waals surface area contributed by atoms with E-state index in [9.17, 15) is 13.2 Å². The second-order valence-electron chi connectivity index (χ2n) is 8.74. The molecule has 1 aliphatic rings. The smallest absolute Gasteiger partial charge is 0.324 e. The van der Waals surface area contributed by atoms with Crippen LogP contribution in [0, 0.1) is 40.6 Å². The quantitative estimate of drug-likeness (QED) is 0.165. The Balaban J connectivity index is 1.24. The van der Waals surface area contributed by atoms with Gasteiger partial charge in [0.05, 0.1) is 12.2 Å². The van der Waals surface area contributed by atoms with E-state index in [0.717, 1.165) is 18.2 Å². The minimum Gasteiger partial charge on any atom is -0.489 e. The second-order valence-corrected chi connectivity index (χ2v) is 8.74. The maximum absolute atomic E-state index is 15.3. The lowest BCUT2D eigenvalue weighted by Crippen LogP contribution is -2.34. The molecule has 1 aliphatic heterocycles. The van der Waals surface area contributed by atoms with Gasteiger partial charge in [0, 0.05) is 29.0 Å². The molecule has 39 heavy (non-hydrogen) atoms. The van der Waals surface area contributed by atoms with Crippen molar-refractivity contribution in [3.63, 3.8) is 0 Å². The van der Waals surface area contributed by atoms with E-state index in [-0.39, 0.29) is 12.2 Å². The summed E-state index contributed by atoms with van der Waals surface area (Å²) in [5.74, 6) is -0.0206. The number of nitrogens with zero attached hydrogens (tertiary/aromatic N) is 2. The maximum atomic E-state index is 15.3. The Hall–Kier alpha value is -4.73. The highest BCUT2D eigenvalue weighted by Gasteiger charge is 2.68. The molecular weight excluding hydrogens is 515 g/mol. The van der Waals surface area contributed by atoms with Gasteiger partial charge in [-0.15, -0.1) is 0 Å². The van der Waals surface area contributed by atoms with Gasteiger partial charge < -0.3 is 9.47 Å². The fourth-order valence-electron chi connectivity index (χ4n) is 3.94. The number of ether oxygens (including phenoxy) is 2. The van der Waals surface area contributed by atoms with Crippen LogP contribution in [0.4, 0.5) is 22.0 Å². The molecule has 1 unspecified atom stereocenters. The van der Waals surface area contributed by atoms with E-state index in [0.29, 0.717) is 28.5 Å². The predicted molar refractivity (Wildman–Crippen MR) is 130 cm³/mol. The van der Waals surface area contributed by atoms with E-state index in [1.807, 2.05) is 0 Å². The van der Waals surface area contributed by atoms with Gasteiger partial charge >= 0.3 is 5.92 Å². The van der Waals surface area contributed by atoms with Crippen LogP contribution >= 0.6 is 0 Å². The first kappa shape index (κ1) is 25.9. The first-order valence-electron chi connectivity index (χ1n) is 11.6. The average Bonchev–Trinajstić information content (AvgIpc) is 3.74. The van der Waals surface area contributed by atoms with E-state index in [1.54, 1.807) is 36.4 Å². The van der Waals surface area contributed by atoms with Gasteiger partial charge in [-0.3, -0.25) is 4.98 Å². The third kappa shape index (κ3) is 5.18. The molecule has 0 spiro atoms. The van der Waals surface area contributed by atoms with Crippen molar-refractivity contribution in [1.29, 1.82) is 5.26 Å². The van der Waals surface area contributed by atoms with Crippen LogP contribution in [-0.2, 0) is 22.9 Å². The number of aromatic nitrogens is 1. The molecule has 4 nitrogen and oxygen atoms in total. The van der Waals surface area contributed by atoms with E-state index in [4.69, 9.17) is 14.7 Å². The number of epoxide rings is 1. The molecule has 0 amide bonds. The lowest BCUT2D eigenvalue weighted by Gasteiger charge is -2.24. The Labute approximate surface area is 220 Å². The van der Waals surface area contributed by atoms with Crippen molar-refractivity contribution < 1.29 is 31.4 Å². The number of halogens is 5. The van der Waals surface area contributed by atoms with Crippen LogP contribution in [-0.4, -0.2) is 11.6 Å². The molecule has 1 aromatic heterocycles. The number of hydrogen-bond acceptors (Lipinski definition) is 4. The molecule has 0 N–H and O–H groups in total. The van der Waals surface area contributed by atoms with Crippen molar-refractivity contribution in [2.75, 3.05) is 6.61 Å². The summed E-state index contributed by atoms with van der Waals surface area (Å²) in [6.07, 6.45) is 1.18. The monoisotopic (exact) mass is 532 g/mol. The zero-order valence-corrected chi connectivity index (χ0v) is 20.0. The number of alkyl halides is 2. The standard InChI is InChI=1S/C30H17F5N2O2/c31-23-8-11-25(27(33)14-23)29(18-39-29)30(34,35)28-12-6-20(16-37-28)2-1-19-4-9-24(10-5-19)38-17-21-3-7-22(15-36)26(32)13-21/h3-14,16H,17-18H2. The third-order valence-corrected chi connectivity index (χ3v) is 6.16. The summed E-state index contributed by atoms with van der Waals surface area (Å²) < 4.78 is 82.4. The largest absolute Gasteiger partial charge is 0.489 e. The van der Waals surface area contributed by atoms with Crippen molar-refractivity contribution in [2.45, 2.75) is 18.1 Å². The molecule has 1 fully saturated rings.